The quantitative estimate of drug-likeness (QED) is 0.585. The van der Waals surface area contributed by atoms with E-state index in [-0.39, 0.29) is 30.4 Å². The van der Waals surface area contributed by atoms with Crippen LogP contribution in [0, 0.1) is 5.82 Å². The Hall–Kier alpha value is -1.41. The number of aliphatic hydroxyl groups is 1. The van der Waals surface area contributed by atoms with Crippen LogP contribution in [0.4, 0.5) is 17.6 Å². The molecular weight excluding hydrogens is 284 g/mol. The molecule has 0 aliphatic heterocycles. The summed E-state index contributed by atoms with van der Waals surface area (Å²) < 4.78 is 51.0. The predicted octanol–water partition coefficient (Wildman–Crippen LogP) is 1.80. The van der Waals surface area contributed by atoms with E-state index in [1.807, 2.05) is 0 Å². The van der Waals surface area contributed by atoms with Crippen molar-refractivity contribution in [3.05, 3.63) is 35.1 Å². The Morgan fingerprint density at radius 1 is 1.26 bits per heavy atom. The molecule has 0 atom stereocenters. The first kappa shape index (κ1) is 15.6. The molecule has 0 saturated heterocycles. The van der Waals surface area contributed by atoms with E-state index in [1.54, 1.807) is 0 Å². The Balaban J connectivity index is 2.72. The minimum atomic E-state index is -4.73. The molecule has 0 aliphatic rings. The highest BCUT2D eigenvalue weighted by molar-refractivity contribution is 7.80. The lowest BCUT2D eigenvalue weighted by atomic mass is 10.1. The van der Waals surface area contributed by atoms with Gasteiger partial charge in [0.25, 0.3) is 0 Å². The van der Waals surface area contributed by atoms with Gasteiger partial charge in [0.2, 0.25) is 0 Å². The topological polar surface area (TPSA) is 44.3 Å². The van der Waals surface area contributed by atoms with Crippen LogP contribution < -0.4 is 10.6 Å². The largest absolute Gasteiger partial charge is 0.419 e. The minimum absolute atomic E-state index is 0.130. The summed E-state index contributed by atoms with van der Waals surface area (Å²) in [7, 11) is 0. The van der Waals surface area contributed by atoms with Crippen molar-refractivity contribution in [2.75, 3.05) is 13.2 Å². The molecule has 0 aliphatic carbocycles. The van der Waals surface area contributed by atoms with Gasteiger partial charge in [-0.15, -0.1) is 0 Å². The number of hydrogen-bond acceptors (Lipinski definition) is 2. The number of rotatable bonds is 4. The van der Waals surface area contributed by atoms with Crippen LogP contribution in [0.15, 0.2) is 18.2 Å². The number of alkyl halides is 3. The standard InChI is InChI=1S/C11H12F4N2OS/c12-9-7(6-17-10(19)16-4-5-18)2-1-3-8(9)11(13,14)15/h1-3,18H,4-6H2,(H2,16,17,19). The summed E-state index contributed by atoms with van der Waals surface area (Å²) in [4.78, 5) is 0. The van der Waals surface area contributed by atoms with Crippen LogP contribution in [-0.2, 0) is 12.7 Å². The predicted molar refractivity (Wildman–Crippen MR) is 65.9 cm³/mol. The second-order valence-electron chi connectivity index (χ2n) is 3.61. The number of hydrogen-bond donors (Lipinski definition) is 3. The summed E-state index contributed by atoms with van der Waals surface area (Å²) >= 11 is 4.79. The molecule has 0 amide bonds. The molecular formula is C11H12F4N2OS. The van der Waals surface area contributed by atoms with Gasteiger partial charge in [-0.05, 0) is 18.3 Å². The maximum Gasteiger partial charge on any atom is 0.419 e. The molecule has 106 valence electrons. The van der Waals surface area contributed by atoms with Crippen molar-refractivity contribution in [1.82, 2.24) is 10.6 Å². The zero-order chi connectivity index (χ0) is 14.5. The van der Waals surface area contributed by atoms with Gasteiger partial charge in [-0.3, -0.25) is 0 Å². The van der Waals surface area contributed by atoms with Gasteiger partial charge in [-0.1, -0.05) is 12.1 Å². The first-order valence-corrected chi connectivity index (χ1v) is 5.74. The lowest BCUT2D eigenvalue weighted by Crippen LogP contribution is -2.36. The normalized spacial score (nSPS) is 11.2. The number of aliphatic hydroxyl groups excluding tert-OH is 1. The fourth-order valence-corrected chi connectivity index (χ4v) is 1.52. The van der Waals surface area contributed by atoms with E-state index in [0.717, 1.165) is 6.07 Å². The molecule has 1 aromatic rings. The molecule has 19 heavy (non-hydrogen) atoms. The fraction of sp³-hybridized carbons (Fsp3) is 0.364. The molecule has 0 unspecified atom stereocenters. The van der Waals surface area contributed by atoms with Crippen molar-refractivity contribution in [3.63, 3.8) is 0 Å². The monoisotopic (exact) mass is 296 g/mol. The lowest BCUT2D eigenvalue weighted by molar-refractivity contribution is -0.140. The van der Waals surface area contributed by atoms with Crippen molar-refractivity contribution >= 4 is 17.3 Å². The number of thiocarbonyl (C=S) groups is 1. The van der Waals surface area contributed by atoms with Gasteiger partial charge in [-0.25, -0.2) is 4.39 Å². The van der Waals surface area contributed by atoms with E-state index in [0.29, 0.717) is 6.07 Å². The van der Waals surface area contributed by atoms with Crippen molar-refractivity contribution in [2.24, 2.45) is 0 Å². The van der Waals surface area contributed by atoms with Crippen molar-refractivity contribution in [1.29, 1.82) is 0 Å². The molecule has 0 bridgehead atoms. The number of halogens is 4. The van der Waals surface area contributed by atoms with E-state index in [1.165, 1.54) is 6.07 Å². The van der Waals surface area contributed by atoms with Gasteiger partial charge in [0.15, 0.2) is 5.11 Å². The number of benzene rings is 1. The molecule has 0 fully saturated rings. The lowest BCUT2D eigenvalue weighted by Gasteiger charge is -2.13. The smallest absolute Gasteiger partial charge is 0.395 e. The highest BCUT2D eigenvalue weighted by Crippen LogP contribution is 2.32. The maximum absolute atomic E-state index is 13.6. The third-order valence-electron chi connectivity index (χ3n) is 2.22. The van der Waals surface area contributed by atoms with Crippen LogP contribution in [0.5, 0.6) is 0 Å². The van der Waals surface area contributed by atoms with E-state index in [2.05, 4.69) is 10.6 Å². The third-order valence-corrected chi connectivity index (χ3v) is 2.51. The summed E-state index contributed by atoms with van der Waals surface area (Å²) in [5.74, 6) is -1.31. The summed E-state index contributed by atoms with van der Waals surface area (Å²) in [6.45, 7) is -0.107. The van der Waals surface area contributed by atoms with Crippen LogP contribution in [-0.4, -0.2) is 23.4 Å². The summed E-state index contributed by atoms with van der Waals surface area (Å²) in [6.07, 6.45) is -4.73. The van der Waals surface area contributed by atoms with Crippen LogP contribution >= 0.6 is 12.2 Å². The highest BCUT2D eigenvalue weighted by atomic mass is 32.1. The highest BCUT2D eigenvalue weighted by Gasteiger charge is 2.34. The Morgan fingerprint density at radius 2 is 1.95 bits per heavy atom. The molecule has 1 aromatic carbocycles. The van der Waals surface area contributed by atoms with Crippen LogP contribution in [0.25, 0.3) is 0 Å². The molecule has 0 spiro atoms. The average molecular weight is 296 g/mol. The van der Waals surface area contributed by atoms with Crippen molar-refractivity contribution in [3.8, 4) is 0 Å². The van der Waals surface area contributed by atoms with Crippen molar-refractivity contribution in [2.45, 2.75) is 12.7 Å². The van der Waals surface area contributed by atoms with Gasteiger partial charge in [-0.2, -0.15) is 13.2 Å². The molecule has 8 heteroatoms. The van der Waals surface area contributed by atoms with Crippen LogP contribution in [0.1, 0.15) is 11.1 Å². The van der Waals surface area contributed by atoms with Gasteiger partial charge < -0.3 is 15.7 Å². The fourth-order valence-electron chi connectivity index (χ4n) is 1.34. The number of nitrogens with one attached hydrogen (secondary N) is 2. The van der Waals surface area contributed by atoms with Gasteiger partial charge in [0.1, 0.15) is 5.82 Å². The Bertz CT molecular complexity index is 451. The molecule has 0 aromatic heterocycles. The van der Waals surface area contributed by atoms with E-state index in [4.69, 9.17) is 17.3 Å². The first-order chi connectivity index (χ1) is 8.86. The Kier molecular flexibility index (Phi) is 5.49. The first-order valence-electron chi connectivity index (χ1n) is 5.33. The molecule has 1 rings (SSSR count). The van der Waals surface area contributed by atoms with E-state index >= 15 is 0 Å². The maximum atomic E-state index is 13.6. The molecule has 0 saturated carbocycles. The molecule has 3 nitrogen and oxygen atoms in total. The van der Waals surface area contributed by atoms with E-state index < -0.39 is 17.6 Å². The average Bonchev–Trinajstić information content (AvgIpc) is 2.33. The van der Waals surface area contributed by atoms with Gasteiger partial charge in [0.05, 0.1) is 12.2 Å². The minimum Gasteiger partial charge on any atom is -0.395 e. The van der Waals surface area contributed by atoms with E-state index in [9.17, 15) is 17.6 Å². The van der Waals surface area contributed by atoms with Crippen molar-refractivity contribution < 1.29 is 22.7 Å². The van der Waals surface area contributed by atoms with Gasteiger partial charge >= 0.3 is 6.18 Å². The second kappa shape index (κ2) is 6.67. The summed E-state index contributed by atoms with van der Waals surface area (Å²) in [5.41, 5.74) is -1.44. The third kappa shape index (κ3) is 4.64. The Morgan fingerprint density at radius 3 is 2.53 bits per heavy atom. The van der Waals surface area contributed by atoms with Gasteiger partial charge in [0, 0.05) is 18.7 Å². The zero-order valence-corrected chi connectivity index (χ0v) is 10.5. The van der Waals surface area contributed by atoms with Crippen LogP contribution in [0.2, 0.25) is 0 Å². The summed E-state index contributed by atoms with van der Waals surface area (Å²) in [6, 6.07) is 3.06. The zero-order valence-electron chi connectivity index (χ0n) is 9.72. The SMILES string of the molecule is OCCNC(=S)NCc1cccc(C(F)(F)F)c1F. The second-order valence-corrected chi connectivity index (χ2v) is 4.02. The summed E-state index contributed by atoms with van der Waals surface area (Å²) in [5, 5.41) is 13.8. The van der Waals surface area contributed by atoms with Crippen LogP contribution in [0.3, 0.4) is 0 Å². The molecule has 0 radical (unpaired) electrons. The molecule has 0 heterocycles. The Labute approximate surface area is 112 Å². The molecule has 3 N–H and O–H groups in total.